The van der Waals surface area contributed by atoms with E-state index in [-0.39, 0.29) is 0 Å². The zero-order valence-corrected chi connectivity index (χ0v) is 9.45. The third-order valence-electron chi connectivity index (χ3n) is 1.98. The van der Waals surface area contributed by atoms with Crippen molar-refractivity contribution in [2.75, 3.05) is 40.8 Å². The van der Waals surface area contributed by atoms with Gasteiger partial charge in [-0.2, -0.15) is 0 Å². The van der Waals surface area contributed by atoms with Gasteiger partial charge in [0, 0.05) is 25.2 Å². The molecule has 14 heavy (non-hydrogen) atoms. The van der Waals surface area contributed by atoms with Crippen LogP contribution in [0, 0.1) is 0 Å². The first-order chi connectivity index (χ1) is 6.43. The average molecular weight is 200 g/mol. The minimum absolute atomic E-state index is 0.404. The molecule has 0 spiro atoms. The Morgan fingerprint density at radius 1 is 1.29 bits per heavy atom. The summed E-state index contributed by atoms with van der Waals surface area (Å²) in [5.41, 5.74) is 0.404. The maximum Gasteiger partial charge on any atom is 0.330 e. The van der Waals surface area contributed by atoms with Gasteiger partial charge in [0.25, 0.3) is 0 Å². The number of rotatable bonds is 6. The number of aliphatic carboxylic acids is 1. The van der Waals surface area contributed by atoms with Gasteiger partial charge in [-0.05, 0) is 28.1 Å². The topological polar surface area (TPSA) is 43.8 Å². The first kappa shape index (κ1) is 13.1. The lowest BCUT2D eigenvalue weighted by molar-refractivity contribution is -0.132. The summed E-state index contributed by atoms with van der Waals surface area (Å²) >= 11 is 0. The third-order valence-corrected chi connectivity index (χ3v) is 1.98. The van der Waals surface area contributed by atoms with E-state index in [1.54, 1.807) is 13.0 Å². The van der Waals surface area contributed by atoms with E-state index in [1.807, 2.05) is 21.1 Å². The molecule has 4 nitrogen and oxygen atoms in total. The maximum atomic E-state index is 10.5. The Labute approximate surface area is 85.8 Å². The lowest BCUT2D eigenvalue weighted by atomic mass is 10.3. The lowest BCUT2D eigenvalue weighted by Crippen LogP contribution is -2.28. The molecule has 1 N–H and O–H groups in total. The van der Waals surface area contributed by atoms with Crippen LogP contribution in [0.1, 0.15) is 6.92 Å². The van der Waals surface area contributed by atoms with Gasteiger partial charge >= 0.3 is 5.97 Å². The first-order valence-corrected chi connectivity index (χ1v) is 4.66. The molecule has 0 aliphatic rings. The monoisotopic (exact) mass is 200 g/mol. The van der Waals surface area contributed by atoms with Crippen LogP contribution in [0.3, 0.4) is 0 Å². The van der Waals surface area contributed by atoms with Gasteiger partial charge in [-0.15, -0.1) is 0 Å². The Balaban J connectivity index is 3.78. The van der Waals surface area contributed by atoms with Crippen LogP contribution in [0.5, 0.6) is 0 Å². The molecular formula is C10H20N2O2. The van der Waals surface area contributed by atoms with Crippen LogP contribution < -0.4 is 0 Å². The van der Waals surface area contributed by atoms with Gasteiger partial charge in [0.2, 0.25) is 0 Å². The van der Waals surface area contributed by atoms with E-state index < -0.39 is 5.97 Å². The summed E-state index contributed by atoms with van der Waals surface area (Å²) in [6.07, 6.45) is 1.73. The molecule has 4 heteroatoms. The molecular weight excluding hydrogens is 180 g/mol. The van der Waals surface area contributed by atoms with Crippen LogP contribution in [0.2, 0.25) is 0 Å². The van der Waals surface area contributed by atoms with Crippen molar-refractivity contribution < 1.29 is 9.90 Å². The van der Waals surface area contributed by atoms with Crippen molar-refractivity contribution in [1.82, 2.24) is 9.80 Å². The molecule has 0 rings (SSSR count). The van der Waals surface area contributed by atoms with E-state index in [1.165, 1.54) is 0 Å². The smallest absolute Gasteiger partial charge is 0.330 e. The highest BCUT2D eigenvalue weighted by Gasteiger charge is 2.01. The van der Waals surface area contributed by atoms with Gasteiger partial charge in [0.15, 0.2) is 0 Å². The zero-order valence-electron chi connectivity index (χ0n) is 9.45. The largest absolute Gasteiger partial charge is 0.478 e. The van der Waals surface area contributed by atoms with Crippen molar-refractivity contribution in [3.05, 3.63) is 11.6 Å². The normalized spacial score (nSPS) is 12.6. The average Bonchev–Trinajstić information content (AvgIpc) is 2.10. The molecule has 0 unspecified atom stereocenters. The standard InChI is InChI=1S/C10H20N2O2/c1-9(10(13)14)5-6-12(4)8-7-11(2)3/h5H,6-8H2,1-4H3,(H,13,14). The van der Waals surface area contributed by atoms with E-state index in [0.717, 1.165) is 13.1 Å². The van der Waals surface area contributed by atoms with E-state index in [9.17, 15) is 4.79 Å². The molecule has 82 valence electrons. The van der Waals surface area contributed by atoms with Crippen molar-refractivity contribution >= 4 is 5.97 Å². The highest BCUT2D eigenvalue weighted by molar-refractivity contribution is 5.85. The van der Waals surface area contributed by atoms with Gasteiger partial charge in [0.05, 0.1) is 0 Å². The first-order valence-electron chi connectivity index (χ1n) is 4.66. The number of carbonyl (C=O) groups is 1. The quantitative estimate of drug-likeness (QED) is 0.634. The molecule has 0 aromatic rings. The molecule has 0 heterocycles. The summed E-state index contributed by atoms with van der Waals surface area (Å²) < 4.78 is 0. The fraction of sp³-hybridized carbons (Fsp3) is 0.700. The molecule has 0 fully saturated rings. The summed E-state index contributed by atoms with van der Waals surface area (Å²) in [5.74, 6) is -0.842. The molecule has 0 aliphatic heterocycles. The maximum absolute atomic E-state index is 10.5. The van der Waals surface area contributed by atoms with Crippen molar-refractivity contribution in [3.63, 3.8) is 0 Å². The van der Waals surface area contributed by atoms with E-state index in [4.69, 9.17) is 5.11 Å². The fourth-order valence-electron chi connectivity index (χ4n) is 0.842. The van der Waals surface area contributed by atoms with Gasteiger partial charge in [-0.3, -0.25) is 0 Å². The van der Waals surface area contributed by atoms with Crippen molar-refractivity contribution in [2.24, 2.45) is 0 Å². The Kier molecular flexibility index (Phi) is 6.16. The van der Waals surface area contributed by atoms with Crippen molar-refractivity contribution in [3.8, 4) is 0 Å². The van der Waals surface area contributed by atoms with E-state index in [0.29, 0.717) is 12.1 Å². The Bertz CT molecular complexity index is 212. The van der Waals surface area contributed by atoms with Crippen molar-refractivity contribution in [2.45, 2.75) is 6.92 Å². The van der Waals surface area contributed by atoms with Crippen LogP contribution >= 0.6 is 0 Å². The number of likely N-dealkylation sites (N-methyl/N-ethyl adjacent to an activating group) is 2. The number of hydrogen-bond acceptors (Lipinski definition) is 3. The molecule has 0 aromatic heterocycles. The minimum Gasteiger partial charge on any atom is -0.478 e. The molecule has 0 saturated heterocycles. The predicted octanol–water partition coefficient (Wildman–Crippen LogP) is 0.511. The highest BCUT2D eigenvalue weighted by atomic mass is 16.4. The fourth-order valence-corrected chi connectivity index (χ4v) is 0.842. The molecule has 0 amide bonds. The molecule has 0 bridgehead atoms. The minimum atomic E-state index is -0.842. The lowest BCUT2D eigenvalue weighted by Gasteiger charge is -2.17. The summed E-state index contributed by atoms with van der Waals surface area (Å²) in [7, 11) is 6.02. The molecule has 0 aromatic carbocycles. The van der Waals surface area contributed by atoms with Gasteiger partial charge in [0.1, 0.15) is 0 Å². The predicted molar refractivity (Wildman–Crippen MR) is 57.4 cm³/mol. The van der Waals surface area contributed by atoms with Gasteiger partial charge in [-0.1, -0.05) is 6.08 Å². The number of carboxylic acids is 1. The van der Waals surface area contributed by atoms with E-state index >= 15 is 0 Å². The molecule has 0 radical (unpaired) electrons. The van der Waals surface area contributed by atoms with Gasteiger partial charge < -0.3 is 14.9 Å². The number of hydrogen-bond donors (Lipinski definition) is 1. The summed E-state index contributed by atoms with van der Waals surface area (Å²) in [6.45, 7) is 4.22. The molecule has 0 saturated carbocycles. The number of carboxylic acid groups (broad SMARTS) is 1. The summed E-state index contributed by atoms with van der Waals surface area (Å²) in [4.78, 5) is 14.7. The van der Waals surface area contributed by atoms with Crippen LogP contribution in [0.25, 0.3) is 0 Å². The zero-order chi connectivity index (χ0) is 11.1. The number of nitrogens with zero attached hydrogens (tertiary/aromatic N) is 2. The van der Waals surface area contributed by atoms with Crippen LogP contribution in [0.15, 0.2) is 11.6 Å². The molecule has 0 aliphatic carbocycles. The summed E-state index contributed by atoms with van der Waals surface area (Å²) in [5, 5.41) is 8.62. The van der Waals surface area contributed by atoms with Crippen LogP contribution in [-0.4, -0.2) is 61.7 Å². The third kappa shape index (κ3) is 6.62. The second-order valence-corrected chi connectivity index (χ2v) is 3.76. The van der Waals surface area contributed by atoms with Gasteiger partial charge in [-0.25, -0.2) is 4.79 Å². The van der Waals surface area contributed by atoms with E-state index in [2.05, 4.69) is 9.80 Å². The Morgan fingerprint density at radius 2 is 1.86 bits per heavy atom. The molecule has 0 atom stereocenters. The van der Waals surface area contributed by atoms with Crippen molar-refractivity contribution in [1.29, 1.82) is 0 Å². The second-order valence-electron chi connectivity index (χ2n) is 3.76. The SMILES string of the molecule is CC(=CCN(C)CCN(C)C)C(=O)O. The Hall–Kier alpha value is -0.870. The summed E-state index contributed by atoms with van der Waals surface area (Å²) in [6, 6.07) is 0. The second kappa shape index (κ2) is 6.56. The van der Waals surface area contributed by atoms with Crippen LogP contribution in [-0.2, 0) is 4.79 Å². The highest BCUT2D eigenvalue weighted by Crippen LogP contribution is 1.93. The van der Waals surface area contributed by atoms with Crippen LogP contribution in [0.4, 0.5) is 0 Å². The Morgan fingerprint density at radius 3 is 2.29 bits per heavy atom.